The predicted molar refractivity (Wildman–Crippen MR) is 187 cm³/mol. The van der Waals surface area contributed by atoms with Gasteiger partial charge >= 0.3 is 0 Å². The molecule has 0 aromatic heterocycles. The Kier molecular flexibility index (Phi) is 5.18. The van der Waals surface area contributed by atoms with Crippen LogP contribution in [0.15, 0.2) is 158 Å². The standard InChI is InChI=1S/C44H28O/c1-2-10-27(11-3-1)28-24-29(31-20-21-40-34-13-5-4-12-33(34)38-17-8-15-36(31)43(38)40)26-30(25-28)32-22-23-42-44-37(32)16-9-18-39(44)35-14-6-7-19-41(35)45-42/h1-26,33-34H. The van der Waals surface area contributed by atoms with Crippen molar-refractivity contribution in [1.29, 1.82) is 0 Å². The summed E-state index contributed by atoms with van der Waals surface area (Å²) in [5, 5.41) is 5.14. The number of rotatable bonds is 3. The maximum atomic E-state index is 6.43. The molecule has 210 valence electrons. The lowest BCUT2D eigenvalue weighted by molar-refractivity contribution is 0.487. The summed E-state index contributed by atoms with van der Waals surface area (Å²) in [6.07, 6.45) is 9.14. The first kappa shape index (κ1) is 24.7. The second-order valence-electron chi connectivity index (χ2n) is 12.4. The lowest BCUT2D eigenvalue weighted by atomic mass is 9.86. The topological polar surface area (TPSA) is 9.23 Å². The van der Waals surface area contributed by atoms with E-state index in [0.29, 0.717) is 11.8 Å². The van der Waals surface area contributed by atoms with Gasteiger partial charge in [0, 0.05) is 22.8 Å². The Morgan fingerprint density at radius 1 is 0.378 bits per heavy atom. The summed E-state index contributed by atoms with van der Waals surface area (Å²) in [7, 11) is 0. The lowest BCUT2D eigenvalue weighted by Crippen LogP contribution is -2.01. The summed E-state index contributed by atoms with van der Waals surface area (Å²) in [4.78, 5) is 0. The van der Waals surface area contributed by atoms with Crippen molar-refractivity contribution in [1.82, 2.24) is 0 Å². The van der Waals surface area contributed by atoms with Crippen molar-refractivity contribution >= 4 is 21.5 Å². The molecule has 10 rings (SSSR count). The molecule has 7 aromatic carbocycles. The molecular weight excluding hydrogens is 544 g/mol. The number of fused-ring (bicyclic) bond motifs is 5. The highest BCUT2D eigenvalue weighted by Crippen LogP contribution is 2.52. The van der Waals surface area contributed by atoms with Crippen molar-refractivity contribution in [2.75, 3.05) is 0 Å². The third-order valence-electron chi connectivity index (χ3n) is 10.0. The molecule has 2 atom stereocenters. The molecule has 0 spiro atoms. The Bertz CT molecular complexity index is 2390. The van der Waals surface area contributed by atoms with Crippen LogP contribution in [0.4, 0.5) is 0 Å². The summed E-state index contributed by atoms with van der Waals surface area (Å²) >= 11 is 0. The number of allylic oxidation sites excluding steroid dienone is 4. The maximum absolute atomic E-state index is 6.43. The van der Waals surface area contributed by atoms with Gasteiger partial charge in [-0.05, 0) is 96.6 Å². The number of hydrogen-bond acceptors (Lipinski definition) is 1. The lowest BCUT2D eigenvalue weighted by Gasteiger charge is -2.23. The minimum atomic E-state index is 0.417. The largest absolute Gasteiger partial charge is 0.456 e. The first-order valence-electron chi connectivity index (χ1n) is 15.8. The van der Waals surface area contributed by atoms with Gasteiger partial charge in [-0.15, -0.1) is 0 Å². The first-order chi connectivity index (χ1) is 22.3. The van der Waals surface area contributed by atoms with E-state index in [4.69, 9.17) is 4.74 Å². The quantitative estimate of drug-likeness (QED) is 0.205. The fraction of sp³-hybridized carbons (Fsp3) is 0.0455. The highest BCUT2D eigenvalue weighted by atomic mass is 16.5. The Hall–Kier alpha value is -5.66. The van der Waals surface area contributed by atoms with Crippen LogP contribution in [0, 0.1) is 0 Å². The number of para-hydroxylation sites is 1. The molecule has 0 bridgehead atoms. The van der Waals surface area contributed by atoms with Crippen molar-refractivity contribution < 1.29 is 4.74 Å². The first-order valence-corrected chi connectivity index (χ1v) is 15.8. The minimum absolute atomic E-state index is 0.417. The van der Waals surface area contributed by atoms with Crippen LogP contribution in [0.1, 0.15) is 23.0 Å². The van der Waals surface area contributed by atoms with E-state index >= 15 is 0 Å². The fourth-order valence-corrected chi connectivity index (χ4v) is 8.04. The average Bonchev–Trinajstić information content (AvgIpc) is 3.44. The average molecular weight is 573 g/mol. The molecule has 1 heteroatoms. The van der Waals surface area contributed by atoms with Crippen LogP contribution in [0.25, 0.3) is 66.1 Å². The van der Waals surface area contributed by atoms with Crippen LogP contribution in [0.5, 0.6) is 11.5 Å². The summed E-state index contributed by atoms with van der Waals surface area (Å²) in [6.45, 7) is 0. The van der Waals surface area contributed by atoms with Crippen LogP contribution in [-0.2, 0) is 0 Å². The van der Waals surface area contributed by atoms with E-state index in [2.05, 4.69) is 152 Å². The molecular formula is C44H28O. The van der Waals surface area contributed by atoms with Gasteiger partial charge in [-0.25, -0.2) is 0 Å². The van der Waals surface area contributed by atoms with Gasteiger partial charge in [-0.1, -0.05) is 127 Å². The Morgan fingerprint density at radius 2 is 1.00 bits per heavy atom. The van der Waals surface area contributed by atoms with Gasteiger partial charge in [0.25, 0.3) is 0 Å². The monoisotopic (exact) mass is 572 g/mol. The van der Waals surface area contributed by atoms with E-state index in [1.807, 2.05) is 6.07 Å². The van der Waals surface area contributed by atoms with E-state index in [1.54, 1.807) is 0 Å². The van der Waals surface area contributed by atoms with Crippen molar-refractivity contribution in [3.8, 4) is 56.0 Å². The Balaban J connectivity index is 1.23. The van der Waals surface area contributed by atoms with E-state index in [0.717, 1.165) is 17.1 Å². The second-order valence-corrected chi connectivity index (χ2v) is 12.4. The van der Waals surface area contributed by atoms with Gasteiger partial charge in [0.15, 0.2) is 0 Å². The third kappa shape index (κ3) is 3.62. The van der Waals surface area contributed by atoms with Crippen LogP contribution in [0.3, 0.4) is 0 Å². The van der Waals surface area contributed by atoms with Gasteiger partial charge in [-0.3, -0.25) is 0 Å². The van der Waals surface area contributed by atoms with Crippen LogP contribution in [0.2, 0.25) is 0 Å². The van der Waals surface area contributed by atoms with Crippen molar-refractivity contribution in [3.63, 3.8) is 0 Å². The van der Waals surface area contributed by atoms with Crippen molar-refractivity contribution in [3.05, 3.63) is 169 Å². The number of benzene rings is 7. The molecule has 3 aliphatic rings. The zero-order chi connectivity index (χ0) is 29.5. The predicted octanol–water partition coefficient (Wildman–Crippen LogP) is 12.1. The van der Waals surface area contributed by atoms with E-state index in [1.165, 1.54) is 71.6 Å². The molecule has 0 saturated heterocycles. The minimum Gasteiger partial charge on any atom is -0.456 e. The van der Waals surface area contributed by atoms with Gasteiger partial charge in [0.05, 0.1) is 0 Å². The molecule has 1 aliphatic heterocycles. The molecule has 0 fully saturated rings. The molecule has 1 nitrogen and oxygen atoms in total. The molecule has 0 amide bonds. The Morgan fingerprint density at radius 3 is 1.80 bits per heavy atom. The van der Waals surface area contributed by atoms with Gasteiger partial charge in [0.2, 0.25) is 0 Å². The van der Waals surface area contributed by atoms with Gasteiger partial charge in [0.1, 0.15) is 11.5 Å². The van der Waals surface area contributed by atoms with E-state index < -0.39 is 0 Å². The third-order valence-corrected chi connectivity index (χ3v) is 10.0. The fourth-order valence-electron chi connectivity index (χ4n) is 8.04. The van der Waals surface area contributed by atoms with E-state index in [9.17, 15) is 0 Å². The van der Waals surface area contributed by atoms with Crippen LogP contribution >= 0.6 is 0 Å². The summed E-state index contributed by atoms with van der Waals surface area (Å²) in [6, 6.07) is 48.8. The highest BCUT2D eigenvalue weighted by Gasteiger charge is 2.32. The van der Waals surface area contributed by atoms with Crippen LogP contribution in [-0.4, -0.2) is 0 Å². The zero-order valence-corrected chi connectivity index (χ0v) is 24.6. The van der Waals surface area contributed by atoms with Gasteiger partial charge < -0.3 is 4.74 Å². The number of ether oxygens (including phenoxy) is 1. The summed E-state index contributed by atoms with van der Waals surface area (Å²) in [5.41, 5.74) is 12.6. The highest BCUT2D eigenvalue weighted by molar-refractivity contribution is 6.11. The molecule has 0 radical (unpaired) electrons. The van der Waals surface area contributed by atoms with Crippen LogP contribution < -0.4 is 4.74 Å². The molecule has 7 aromatic rings. The molecule has 0 saturated carbocycles. The molecule has 0 N–H and O–H groups in total. The van der Waals surface area contributed by atoms with Crippen molar-refractivity contribution in [2.45, 2.75) is 11.8 Å². The second kappa shape index (κ2) is 9.42. The van der Waals surface area contributed by atoms with Crippen molar-refractivity contribution in [2.24, 2.45) is 0 Å². The number of hydrogen-bond donors (Lipinski definition) is 0. The summed E-state index contributed by atoms with van der Waals surface area (Å²) < 4.78 is 6.43. The molecule has 2 unspecified atom stereocenters. The normalized spacial score (nSPS) is 16.9. The SMILES string of the molecule is C1=CC2c3cccc4c(-c5cc(-c6ccccc6)cc(-c6ccc7c8c(cccc68)-c6ccccc6O7)c5)ccc(c34)C2C=C1. The molecule has 1 heterocycles. The smallest absolute Gasteiger partial charge is 0.135 e. The Labute approximate surface area is 262 Å². The van der Waals surface area contributed by atoms with Gasteiger partial charge in [-0.2, -0.15) is 0 Å². The molecule has 45 heavy (non-hydrogen) atoms. The molecule has 2 aliphatic carbocycles. The zero-order valence-electron chi connectivity index (χ0n) is 24.6. The summed E-state index contributed by atoms with van der Waals surface area (Å²) in [5.74, 6) is 2.66. The van der Waals surface area contributed by atoms with E-state index in [-0.39, 0.29) is 0 Å². The maximum Gasteiger partial charge on any atom is 0.135 e.